The molecule has 0 aliphatic heterocycles. The number of hydrogen-bond acceptors (Lipinski definition) is 5. The van der Waals surface area contributed by atoms with Crippen molar-refractivity contribution in [1.29, 1.82) is 0 Å². The summed E-state index contributed by atoms with van der Waals surface area (Å²) in [7, 11) is 0. The van der Waals surface area contributed by atoms with E-state index in [1.165, 1.54) is 11.1 Å². The Morgan fingerprint density at radius 3 is 2.21 bits per heavy atom. The summed E-state index contributed by atoms with van der Waals surface area (Å²) in [4.78, 5) is 18.2. The summed E-state index contributed by atoms with van der Waals surface area (Å²) in [5, 5.41) is 3.15. The zero-order valence-corrected chi connectivity index (χ0v) is 29.2. The minimum atomic E-state index is 0. The fourth-order valence-corrected chi connectivity index (χ4v) is 5.56. The van der Waals surface area contributed by atoms with Crippen LogP contribution in [-0.2, 0) is 20.1 Å². The molecule has 0 saturated carbocycles. The van der Waals surface area contributed by atoms with Crippen LogP contribution < -0.4 is 0 Å². The van der Waals surface area contributed by atoms with E-state index in [4.69, 9.17) is 9.40 Å². The van der Waals surface area contributed by atoms with Gasteiger partial charge in [-0.05, 0) is 91.7 Å². The summed E-state index contributed by atoms with van der Waals surface area (Å²) < 4.78 is 6.17. The van der Waals surface area contributed by atoms with Gasteiger partial charge >= 0.3 is 0 Å². The van der Waals surface area contributed by atoms with E-state index in [0.29, 0.717) is 5.71 Å². The van der Waals surface area contributed by atoms with Crippen LogP contribution in [0.3, 0.4) is 0 Å². The van der Waals surface area contributed by atoms with Gasteiger partial charge in [-0.2, -0.15) is 0 Å². The smallest absolute Gasteiger partial charge is 0.216 e. The topological polar surface area (TPSA) is 64.7 Å². The summed E-state index contributed by atoms with van der Waals surface area (Å²) in [6, 6.07) is 37.4. The number of pyridine rings is 4. The molecule has 5 heterocycles. The number of rotatable bonds is 3. The molecule has 233 valence electrons. The molecule has 0 unspecified atom stereocenters. The number of benzene rings is 3. The van der Waals surface area contributed by atoms with E-state index in [-0.39, 0.29) is 20.1 Å². The maximum Gasteiger partial charge on any atom is 0.216 e. The fraction of sp³-hybridized carbons (Fsp3) is 0.122. The van der Waals surface area contributed by atoms with E-state index in [9.17, 15) is 0 Å². The molecule has 0 amide bonds. The third kappa shape index (κ3) is 6.62. The van der Waals surface area contributed by atoms with Crippen LogP contribution in [0.4, 0.5) is 0 Å². The standard InChI is InChI=1S/C28H20N3O.C13H12N.Ir/c1-16-15-29-26(14-24(16)19-10-12-25-20(13-19)9-7-17(2)30-25)23-6-4-5-21-22-11-8-18(3)31-28(22)32-27(21)23;1-10-3-6-12(7-4-10)13-8-5-11(2)9-14-13;/h4-5,7-15H,1-3H3;3-6,8-9H,1-2H3;/q2*-1;. The minimum absolute atomic E-state index is 0. The molecule has 0 saturated heterocycles. The Morgan fingerprint density at radius 2 is 1.43 bits per heavy atom. The first-order valence-corrected chi connectivity index (χ1v) is 15.3. The van der Waals surface area contributed by atoms with Gasteiger partial charge in [-0.15, -0.1) is 53.6 Å². The first-order valence-electron chi connectivity index (χ1n) is 15.3. The third-order valence-electron chi connectivity index (χ3n) is 8.09. The quantitative estimate of drug-likeness (QED) is 0.167. The predicted octanol–water partition coefficient (Wildman–Crippen LogP) is 10.1. The van der Waals surface area contributed by atoms with Crippen molar-refractivity contribution in [2.45, 2.75) is 34.6 Å². The number of furan rings is 1. The molecule has 5 nitrogen and oxygen atoms in total. The predicted molar refractivity (Wildman–Crippen MR) is 187 cm³/mol. The Morgan fingerprint density at radius 1 is 0.638 bits per heavy atom. The molecule has 8 rings (SSSR count). The molecule has 6 heteroatoms. The first kappa shape index (κ1) is 31.9. The van der Waals surface area contributed by atoms with E-state index in [0.717, 1.165) is 77.9 Å². The number of fused-ring (bicyclic) bond motifs is 4. The van der Waals surface area contributed by atoms with Gasteiger partial charge in [-0.1, -0.05) is 48.2 Å². The van der Waals surface area contributed by atoms with Gasteiger partial charge in [0.2, 0.25) is 5.71 Å². The second-order valence-electron chi connectivity index (χ2n) is 11.7. The van der Waals surface area contributed by atoms with Crippen molar-refractivity contribution in [1.82, 2.24) is 19.9 Å². The zero-order valence-electron chi connectivity index (χ0n) is 26.8. The average molecular weight is 789 g/mol. The van der Waals surface area contributed by atoms with Crippen molar-refractivity contribution in [2.24, 2.45) is 0 Å². The van der Waals surface area contributed by atoms with E-state index in [1.807, 2.05) is 75.6 Å². The van der Waals surface area contributed by atoms with Crippen LogP contribution >= 0.6 is 0 Å². The molecule has 5 aromatic heterocycles. The summed E-state index contributed by atoms with van der Waals surface area (Å²) in [5.74, 6) is 0. The van der Waals surface area contributed by atoms with Gasteiger partial charge in [0.1, 0.15) is 0 Å². The van der Waals surface area contributed by atoms with Gasteiger partial charge in [0.25, 0.3) is 0 Å². The van der Waals surface area contributed by atoms with E-state index in [2.05, 4.69) is 89.5 Å². The van der Waals surface area contributed by atoms with Crippen molar-refractivity contribution in [3.05, 3.63) is 144 Å². The first-order chi connectivity index (χ1) is 22.3. The largest absolute Gasteiger partial charge is 0.486 e. The molecule has 47 heavy (non-hydrogen) atoms. The number of aryl methyl sites for hydroxylation is 5. The normalized spacial score (nSPS) is 10.9. The van der Waals surface area contributed by atoms with Gasteiger partial charge in [0.05, 0.1) is 11.1 Å². The van der Waals surface area contributed by atoms with Gasteiger partial charge in [0.15, 0.2) is 0 Å². The maximum absolute atomic E-state index is 6.17. The minimum Gasteiger partial charge on any atom is -0.486 e. The van der Waals surface area contributed by atoms with Crippen molar-refractivity contribution in [3.63, 3.8) is 0 Å². The Labute approximate surface area is 288 Å². The SMILES string of the molecule is Cc1c[c-]c(-c2ccc(C)cn2)cc1.Cc1ccc2cc(-c3cc(-c4[c-]ccc5c4oc4nc(C)ccc45)ncc3C)ccc2n1.[Ir]. The Kier molecular flexibility index (Phi) is 9.08. The Hall–Kier alpha value is -5.03. The van der Waals surface area contributed by atoms with Crippen LogP contribution in [0.1, 0.15) is 28.1 Å². The Bertz CT molecular complexity index is 2320. The van der Waals surface area contributed by atoms with Gasteiger partial charge in [0, 0.05) is 54.7 Å². The summed E-state index contributed by atoms with van der Waals surface area (Å²) >= 11 is 0. The van der Waals surface area contributed by atoms with Crippen LogP contribution in [0, 0.1) is 46.8 Å². The number of aromatic nitrogens is 4. The molecule has 1 radical (unpaired) electrons. The molecular weight excluding hydrogens is 757 g/mol. The average Bonchev–Trinajstić information content (AvgIpc) is 3.44. The molecular formula is C41H32IrN4O-2. The monoisotopic (exact) mass is 789 g/mol. The fourth-order valence-electron chi connectivity index (χ4n) is 5.56. The molecule has 0 aliphatic carbocycles. The Balaban J connectivity index is 0.000000217. The number of hydrogen-bond donors (Lipinski definition) is 0. The second kappa shape index (κ2) is 13.4. The van der Waals surface area contributed by atoms with E-state index >= 15 is 0 Å². The summed E-state index contributed by atoms with van der Waals surface area (Å²) in [5.41, 5.74) is 13.9. The molecule has 0 fully saturated rings. The zero-order chi connectivity index (χ0) is 31.8. The van der Waals surface area contributed by atoms with Crippen molar-refractivity contribution < 1.29 is 24.5 Å². The molecule has 0 spiro atoms. The molecule has 0 N–H and O–H groups in total. The molecule has 8 aromatic rings. The third-order valence-corrected chi connectivity index (χ3v) is 8.09. The van der Waals surface area contributed by atoms with Crippen molar-refractivity contribution in [3.8, 4) is 33.6 Å². The van der Waals surface area contributed by atoms with Crippen molar-refractivity contribution >= 4 is 33.0 Å². The molecule has 0 aliphatic rings. The molecule has 0 bridgehead atoms. The van der Waals surface area contributed by atoms with Crippen molar-refractivity contribution in [2.75, 3.05) is 0 Å². The second-order valence-corrected chi connectivity index (χ2v) is 11.7. The summed E-state index contributed by atoms with van der Waals surface area (Å²) in [6.07, 6.45) is 3.79. The van der Waals surface area contributed by atoms with E-state index < -0.39 is 0 Å². The van der Waals surface area contributed by atoms with E-state index in [1.54, 1.807) is 0 Å². The van der Waals surface area contributed by atoms with Gasteiger partial charge < -0.3 is 14.4 Å². The van der Waals surface area contributed by atoms with Gasteiger partial charge in [-0.3, -0.25) is 4.98 Å². The van der Waals surface area contributed by atoms with Gasteiger partial charge in [-0.25, -0.2) is 4.98 Å². The van der Waals surface area contributed by atoms with Crippen LogP contribution in [0.25, 0.3) is 66.6 Å². The van der Waals surface area contributed by atoms with Crippen LogP contribution in [0.5, 0.6) is 0 Å². The van der Waals surface area contributed by atoms with Crippen LogP contribution in [0.15, 0.2) is 108 Å². The maximum atomic E-state index is 6.17. The molecule has 3 aromatic carbocycles. The molecule has 0 atom stereocenters. The number of nitrogens with zero attached hydrogens (tertiary/aromatic N) is 4. The van der Waals surface area contributed by atoms with Crippen LogP contribution in [0.2, 0.25) is 0 Å². The van der Waals surface area contributed by atoms with Crippen LogP contribution in [-0.4, -0.2) is 19.9 Å². The summed E-state index contributed by atoms with van der Waals surface area (Å²) in [6.45, 7) is 10.2.